The van der Waals surface area contributed by atoms with E-state index in [-0.39, 0.29) is 22.5 Å². The number of carbonyl (C=O) groups is 1. The zero-order valence-corrected chi connectivity index (χ0v) is 21.2. The van der Waals surface area contributed by atoms with E-state index in [0.717, 1.165) is 44.3 Å². The van der Waals surface area contributed by atoms with Gasteiger partial charge in [-0.25, -0.2) is 19.7 Å². The second-order valence-electron chi connectivity index (χ2n) is 8.86. The molecule has 1 aliphatic rings. The van der Waals surface area contributed by atoms with Gasteiger partial charge in [0.15, 0.2) is 5.03 Å². The number of carbonyl (C=O) groups excluding carboxylic acids is 1. The molecule has 4 heterocycles. The molecule has 11 heteroatoms. The third-order valence-corrected chi connectivity index (χ3v) is 6.89. The van der Waals surface area contributed by atoms with Crippen molar-refractivity contribution in [3.63, 3.8) is 0 Å². The number of aromatic nitrogens is 3. The van der Waals surface area contributed by atoms with Gasteiger partial charge in [-0.3, -0.25) is 4.79 Å². The highest BCUT2D eigenvalue weighted by atomic mass is 32.2. The number of sulfonamides is 1. The largest absolute Gasteiger partial charge is 0.475 e. The summed E-state index contributed by atoms with van der Waals surface area (Å²) in [6.07, 6.45) is 5.78. The number of anilines is 2. The van der Waals surface area contributed by atoms with Crippen LogP contribution in [-0.4, -0.2) is 48.5 Å². The highest BCUT2D eigenvalue weighted by molar-refractivity contribution is 7.90. The van der Waals surface area contributed by atoms with Gasteiger partial charge in [-0.15, -0.1) is 0 Å². The Balaban J connectivity index is 1.68. The van der Waals surface area contributed by atoms with Crippen molar-refractivity contribution in [2.24, 2.45) is 0 Å². The minimum absolute atomic E-state index is 0.00714. The number of nitrogen functional groups attached to an aromatic ring is 1. The number of hydrogen-bond donors (Lipinski definition) is 2. The molecule has 1 amide bonds. The zero-order valence-electron chi connectivity index (χ0n) is 20.3. The fourth-order valence-corrected chi connectivity index (χ4v) is 4.90. The highest BCUT2D eigenvalue weighted by Gasteiger charge is 2.25. The molecule has 0 unspecified atom stereocenters. The SMILES string of the molecule is CC(C)Oc1ccc(-c2ccc(C(=O)NS(=O)(=O)c3cccc(N)n3)c(N3CCCCCC3)n2)cn1. The van der Waals surface area contributed by atoms with Gasteiger partial charge in [-0.05, 0) is 57.0 Å². The lowest BCUT2D eigenvalue weighted by atomic mass is 10.1. The predicted molar refractivity (Wildman–Crippen MR) is 137 cm³/mol. The molecule has 0 atom stereocenters. The molecule has 1 fully saturated rings. The molecule has 3 aromatic rings. The Labute approximate surface area is 211 Å². The van der Waals surface area contributed by atoms with E-state index in [4.69, 9.17) is 15.5 Å². The number of rotatable bonds is 7. The summed E-state index contributed by atoms with van der Waals surface area (Å²) in [5, 5.41) is -0.327. The topological polar surface area (TPSA) is 140 Å². The second kappa shape index (κ2) is 10.9. The van der Waals surface area contributed by atoms with Crippen LogP contribution in [-0.2, 0) is 10.0 Å². The van der Waals surface area contributed by atoms with Crippen LogP contribution in [0.15, 0.2) is 53.7 Å². The smallest absolute Gasteiger partial charge is 0.281 e. The number of hydrogen-bond acceptors (Lipinski definition) is 9. The van der Waals surface area contributed by atoms with E-state index < -0.39 is 15.9 Å². The van der Waals surface area contributed by atoms with Crippen LogP contribution in [0.2, 0.25) is 0 Å². The molecule has 0 aliphatic carbocycles. The molecule has 36 heavy (non-hydrogen) atoms. The van der Waals surface area contributed by atoms with Crippen LogP contribution in [0.5, 0.6) is 5.88 Å². The van der Waals surface area contributed by atoms with Gasteiger partial charge in [0.1, 0.15) is 11.6 Å². The number of amides is 1. The van der Waals surface area contributed by atoms with E-state index in [9.17, 15) is 13.2 Å². The van der Waals surface area contributed by atoms with Crippen molar-refractivity contribution < 1.29 is 17.9 Å². The summed E-state index contributed by atoms with van der Waals surface area (Å²) in [6.45, 7) is 5.30. The first-order chi connectivity index (χ1) is 17.2. The van der Waals surface area contributed by atoms with E-state index in [1.54, 1.807) is 24.4 Å². The minimum Gasteiger partial charge on any atom is -0.475 e. The molecule has 0 saturated carbocycles. The van der Waals surface area contributed by atoms with Gasteiger partial charge < -0.3 is 15.4 Å². The van der Waals surface area contributed by atoms with Crippen molar-refractivity contribution in [3.8, 4) is 17.1 Å². The standard InChI is InChI=1S/C25H30N6O4S/c1-17(2)35-22-13-10-18(16-27-22)20-12-11-19(24(28-20)31-14-5-3-4-6-15-31)25(32)30-36(33,34)23-9-7-8-21(26)29-23/h7-13,16-17H,3-6,14-15H2,1-2H3,(H2,26,29)(H,30,32). The Bertz CT molecular complexity index is 1320. The minimum atomic E-state index is -4.22. The average molecular weight is 511 g/mol. The molecule has 190 valence electrons. The molecular formula is C25H30N6O4S. The van der Waals surface area contributed by atoms with Gasteiger partial charge in [0, 0.05) is 30.9 Å². The maximum absolute atomic E-state index is 13.2. The average Bonchev–Trinajstić information content (AvgIpc) is 3.13. The van der Waals surface area contributed by atoms with Crippen molar-refractivity contribution in [3.05, 3.63) is 54.2 Å². The Hall–Kier alpha value is -3.73. The van der Waals surface area contributed by atoms with Gasteiger partial charge >= 0.3 is 0 Å². The van der Waals surface area contributed by atoms with Gasteiger partial charge in [0.05, 0.1) is 17.4 Å². The van der Waals surface area contributed by atoms with Crippen LogP contribution < -0.4 is 20.1 Å². The zero-order chi connectivity index (χ0) is 25.7. The Morgan fingerprint density at radius 3 is 2.42 bits per heavy atom. The van der Waals surface area contributed by atoms with E-state index in [0.29, 0.717) is 17.4 Å². The summed E-state index contributed by atoms with van der Waals surface area (Å²) < 4.78 is 33.3. The summed E-state index contributed by atoms with van der Waals surface area (Å²) >= 11 is 0. The lowest BCUT2D eigenvalue weighted by Gasteiger charge is -2.24. The lowest BCUT2D eigenvalue weighted by molar-refractivity contribution is 0.0981. The summed E-state index contributed by atoms with van der Waals surface area (Å²) in [6, 6.07) is 11.1. The fraction of sp³-hybridized carbons (Fsp3) is 0.360. The normalized spacial score (nSPS) is 14.4. The highest BCUT2D eigenvalue weighted by Crippen LogP contribution is 2.27. The lowest BCUT2D eigenvalue weighted by Crippen LogP contribution is -2.34. The number of nitrogens with two attached hydrogens (primary N) is 1. The molecule has 1 aliphatic heterocycles. The molecule has 1 saturated heterocycles. The third kappa shape index (κ3) is 6.09. The monoisotopic (exact) mass is 510 g/mol. The molecule has 0 radical (unpaired) electrons. The third-order valence-electron chi connectivity index (χ3n) is 5.66. The predicted octanol–water partition coefficient (Wildman–Crippen LogP) is 3.41. The summed E-state index contributed by atoms with van der Waals surface area (Å²) in [4.78, 5) is 28.2. The maximum atomic E-state index is 13.2. The van der Waals surface area contributed by atoms with Gasteiger partial charge in [-0.1, -0.05) is 18.9 Å². The molecule has 10 nitrogen and oxygen atoms in total. The number of ether oxygens (including phenoxy) is 1. The van der Waals surface area contributed by atoms with Gasteiger partial charge in [0.2, 0.25) is 5.88 Å². The number of nitrogens with zero attached hydrogens (tertiary/aromatic N) is 4. The van der Waals surface area contributed by atoms with Crippen LogP contribution in [0, 0.1) is 0 Å². The van der Waals surface area contributed by atoms with Crippen LogP contribution in [0.25, 0.3) is 11.3 Å². The van der Waals surface area contributed by atoms with Crippen molar-refractivity contribution in [1.82, 2.24) is 19.7 Å². The fourth-order valence-electron chi connectivity index (χ4n) is 3.96. The molecule has 3 N–H and O–H groups in total. The van der Waals surface area contributed by atoms with E-state index in [1.165, 1.54) is 18.2 Å². The van der Waals surface area contributed by atoms with E-state index in [1.807, 2.05) is 24.8 Å². The molecule has 0 aromatic carbocycles. The van der Waals surface area contributed by atoms with E-state index in [2.05, 4.69) is 14.7 Å². The van der Waals surface area contributed by atoms with E-state index >= 15 is 0 Å². The molecular weight excluding hydrogens is 480 g/mol. The maximum Gasteiger partial charge on any atom is 0.281 e. The van der Waals surface area contributed by atoms with Crippen LogP contribution in [0.1, 0.15) is 49.9 Å². The molecule has 4 rings (SSSR count). The van der Waals surface area contributed by atoms with Crippen LogP contribution in [0.3, 0.4) is 0 Å². The van der Waals surface area contributed by atoms with Crippen molar-refractivity contribution in [2.75, 3.05) is 23.7 Å². The second-order valence-corrected chi connectivity index (χ2v) is 10.5. The van der Waals surface area contributed by atoms with Gasteiger partial charge in [0.25, 0.3) is 15.9 Å². The van der Waals surface area contributed by atoms with Crippen LogP contribution in [0.4, 0.5) is 11.6 Å². The Kier molecular flexibility index (Phi) is 7.68. The summed E-state index contributed by atoms with van der Waals surface area (Å²) in [5.41, 5.74) is 7.16. The molecule has 0 spiro atoms. The number of pyridine rings is 3. The summed E-state index contributed by atoms with van der Waals surface area (Å²) in [5.74, 6) is 0.208. The first-order valence-electron chi connectivity index (χ1n) is 11.9. The molecule has 0 bridgehead atoms. The quantitative estimate of drug-likeness (QED) is 0.489. The van der Waals surface area contributed by atoms with Crippen molar-refractivity contribution in [1.29, 1.82) is 0 Å². The Morgan fingerprint density at radius 2 is 1.78 bits per heavy atom. The van der Waals surface area contributed by atoms with Crippen LogP contribution >= 0.6 is 0 Å². The number of nitrogens with one attached hydrogen (secondary N) is 1. The first kappa shape index (κ1) is 25.4. The Morgan fingerprint density at radius 1 is 1.03 bits per heavy atom. The molecule has 3 aromatic heterocycles. The first-order valence-corrected chi connectivity index (χ1v) is 13.4. The summed E-state index contributed by atoms with van der Waals surface area (Å²) in [7, 11) is -4.22. The van der Waals surface area contributed by atoms with Gasteiger partial charge in [-0.2, -0.15) is 8.42 Å². The van der Waals surface area contributed by atoms with Crippen molar-refractivity contribution >= 4 is 27.6 Å². The van der Waals surface area contributed by atoms with Crippen molar-refractivity contribution in [2.45, 2.75) is 50.7 Å².